The maximum absolute atomic E-state index is 14.6. The molecule has 1 fully saturated rings. The molecule has 2 aliphatic carbocycles. The van der Waals surface area contributed by atoms with Crippen molar-refractivity contribution in [1.29, 1.82) is 0 Å². The molecule has 1 aromatic carbocycles. The van der Waals surface area contributed by atoms with Crippen molar-refractivity contribution in [3.8, 4) is 0 Å². The Balaban J connectivity index is 1.87. The number of nitrogens with two attached hydrogens (primary N) is 1. The van der Waals surface area contributed by atoms with Crippen LogP contribution in [-0.4, -0.2) is 16.8 Å². The summed E-state index contributed by atoms with van der Waals surface area (Å²) < 4.78 is 14.6. The summed E-state index contributed by atoms with van der Waals surface area (Å²) in [6.45, 7) is 0. The van der Waals surface area contributed by atoms with E-state index in [-0.39, 0.29) is 23.6 Å². The van der Waals surface area contributed by atoms with Crippen molar-refractivity contribution in [2.75, 3.05) is 0 Å². The number of hydrogen-bond donors (Lipinski definition) is 2. The van der Waals surface area contributed by atoms with Crippen molar-refractivity contribution in [3.63, 3.8) is 0 Å². The molecule has 3 N–H and O–H groups in total. The highest BCUT2D eigenvalue weighted by atomic mass is 19.1. The minimum absolute atomic E-state index is 0.0648. The number of alkyl halides is 1. The number of rotatable bonds is 2. The summed E-state index contributed by atoms with van der Waals surface area (Å²) in [5.74, 6) is -0.538. The van der Waals surface area contributed by atoms with E-state index in [1.165, 1.54) is 6.08 Å². The first-order valence-corrected chi connectivity index (χ1v) is 6.21. The van der Waals surface area contributed by atoms with E-state index in [1.54, 1.807) is 12.2 Å². The zero-order chi connectivity index (χ0) is 12.8. The van der Waals surface area contributed by atoms with Gasteiger partial charge in [0.15, 0.2) is 5.67 Å². The van der Waals surface area contributed by atoms with Crippen molar-refractivity contribution in [2.24, 2.45) is 11.7 Å². The highest BCUT2D eigenvalue weighted by molar-refractivity contribution is 5.39. The Kier molecular flexibility index (Phi) is 2.52. The Morgan fingerprint density at radius 2 is 1.94 bits per heavy atom. The predicted octanol–water partition coefficient (Wildman–Crippen LogP) is 2.84. The second-order valence-corrected chi connectivity index (χ2v) is 5.12. The Labute approximate surface area is 106 Å². The molecule has 0 saturated heterocycles. The minimum Gasteiger partial charge on any atom is -0.509 e. The van der Waals surface area contributed by atoms with Gasteiger partial charge < -0.3 is 10.8 Å². The SMILES string of the molecule is NC1CC1C1(F)C=CC(c2ccccc2)C=C1O. The zero-order valence-corrected chi connectivity index (χ0v) is 9.96. The Hall–Kier alpha value is -1.61. The van der Waals surface area contributed by atoms with Crippen molar-refractivity contribution >= 4 is 0 Å². The minimum atomic E-state index is -1.76. The van der Waals surface area contributed by atoms with E-state index in [0.29, 0.717) is 6.42 Å². The summed E-state index contributed by atoms with van der Waals surface area (Å²) in [4.78, 5) is 0. The highest BCUT2D eigenvalue weighted by Crippen LogP contribution is 2.48. The number of aliphatic hydroxyl groups excluding tert-OH is 1. The number of allylic oxidation sites excluding steroid dienone is 3. The maximum atomic E-state index is 14.6. The van der Waals surface area contributed by atoms with Crippen LogP contribution >= 0.6 is 0 Å². The normalized spacial score (nSPS) is 38.3. The van der Waals surface area contributed by atoms with E-state index in [2.05, 4.69) is 0 Å². The molecule has 2 nitrogen and oxygen atoms in total. The summed E-state index contributed by atoms with van der Waals surface area (Å²) in [5, 5.41) is 9.97. The van der Waals surface area contributed by atoms with Gasteiger partial charge in [-0.1, -0.05) is 36.4 Å². The predicted molar refractivity (Wildman–Crippen MR) is 69.0 cm³/mol. The molecule has 4 unspecified atom stereocenters. The van der Waals surface area contributed by atoms with Crippen LogP contribution < -0.4 is 5.73 Å². The first-order chi connectivity index (χ1) is 8.61. The van der Waals surface area contributed by atoms with Gasteiger partial charge in [-0.25, -0.2) is 4.39 Å². The average Bonchev–Trinajstić information content (AvgIpc) is 3.12. The molecule has 0 bridgehead atoms. The Morgan fingerprint density at radius 3 is 2.50 bits per heavy atom. The third kappa shape index (κ3) is 1.75. The number of halogens is 1. The van der Waals surface area contributed by atoms with E-state index >= 15 is 0 Å². The molecule has 0 radical (unpaired) electrons. The van der Waals surface area contributed by atoms with Gasteiger partial charge in [-0.3, -0.25) is 0 Å². The van der Waals surface area contributed by atoms with Gasteiger partial charge in [0.1, 0.15) is 5.76 Å². The molecule has 0 spiro atoms. The largest absolute Gasteiger partial charge is 0.509 e. The van der Waals surface area contributed by atoms with Crippen LogP contribution in [0.1, 0.15) is 17.9 Å². The molecule has 18 heavy (non-hydrogen) atoms. The topological polar surface area (TPSA) is 46.2 Å². The molecular formula is C15H16FNO. The molecule has 1 saturated carbocycles. The molecule has 0 aliphatic heterocycles. The number of aliphatic hydroxyl groups is 1. The fourth-order valence-corrected chi connectivity index (χ4v) is 2.58. The molecule has 0 heterocycles. The van der Waals surface area contributed by atoms with Crippen molar-refractivity contribution in [3.05, 3.63) is 59.9 Å². The molecule has 0 amide bonds. The highest BCUT2D eigenvalue weighted by Gasteiger charge is 2.54. The van der Waals surface area contributed by atoms with Crippen LogP contribution in [0, 0.1) is 5.92 Å². The fraction of sp³-hybridized carbons (Fsp3) is 0.333. The lowest BCUT2D eigenvalue weighted by molar-refractivity contribution is 0.157. The van der Waals surface area contributed by atoms with Gasteiger partial charge in [-0.05, 0) is 24.1 Å². The van der Waals surface area contributed by atoms with Crippen LogP contribution in [0.15, 0.2) is 54.3 Å². The summed E-state index contributed by atoms with van der Waals surface area (Å²) in [5.41, 5.74) is 4.96. The van der Waals surface area contributed by atoms with Gasteiger partial charge in [0.25, 0.3) is 0 Å². The summed E-state index contributed by atoms with van der Waals surface area (Å²) in [6.07, 6.45) is 5.49. The van der Waals surface area contributed by atoms with Crippen LogP contribution in [-0.2, 0) is 0 Å². The fourth-order valence-electron chi connectivity index (χ4n) is 2.58. The lowest BCUT2D eigenvalue weighted by atomic mass is 9.85. The molecule has 94 valence electrons. The number of benzene rings is 1. The van der Waals surface area contributed by atoms with Gasteiger partial charge >= 0.3 is 0 Å². The molecule has 3 heteroatoms. The van der Waals surface area contributed by atoms with Crippen molar-refractivity contribution < 1.29 is 9.50 Å². The first kappa shape index (κ1) is 11.5. The third-order valence-electron chi connectivity index (χ3n) is 3.84. The molecule has 0 aromatic heterocycles. The van der Waals surface area contributed by atoms with E-state index < -0.39 is 5.67 Å². The first-order valence-electron chi connectivity index (χ1n) is 6.21. The van der Waals surface area contributed by atoms with Gasteiger partial charge in [-0.2, -0.15) is 0 Å². The molecule has 4 atom stereocenters. The van der Waals surface area contributed by atoms with Crippen molar-refractivity contribution in [1.82, 2.24) is 0 Å². The van der Waals surface area contributed by atoms with E-state index in [1.807, 2.05) is 30.3 Å². The quantitative estimate of drug-likeness (QED) is 0.787. The van der Waals surface area contributed by atoms with Crippen LogP contribution in [0.2, 0.25) is 0 Å². The maximum Gasteiger partial charge on any atom is 0.189 e. The van der Waals surface area contributed by atoms with Crippen LogP contribution in [0.4, 0.5) is 4.39 Å². The van der Waals surface area contributed by atoms with Crippen molar-refractivity contribution in [2.45, 2.75) is 24.0 Å². The molecule has 2 aliphatic rings. The van der Waals surface area contributed by atoms with Gasteiger partial charge in [-0.15, -0.1) is 0 Å². The molecule has 3 rings (SSSR count). The van der Waals surface area contributed by atoms with Gasteiger partial charge in [0.05, 0.1) is 0 Å². The van der Waals surface area contributed by atoms with E-state index in [4.69, 9.17) is 5.73 Å². The van der Waals surface area contributed by atoms with Crippen LogP contribution in [0.3, 0.4) is 0 Å². The summed E-state index contributed by atoms with van der Waals surface area (Å²) >= 11 is 0. The van der Waals surface area contributed by atoms with E-state index in [9.17, 15) is 9.50 Å². The van der Waals surface area contributed by atoms with Gasteiger partial charge in [0.2, 0.25) is 0 Å². The molecule has 1 aromatic rings. The number of hydrogen-bond acceptors (Lipinski definition) is 2. The lowest BCUT2D eigenvalue weighted by Crippen LogP contribution is -2.31. The van der Waals surface area contributed by atoms with Crippen LogP contribution in [0.25, 0.3) is 0 Å². The second kappa shape index (κ2) is 3.95. The smallest absolute Gasteiger partial charge is 0.189 e. The zero-order valence-electron chi connectivity index (χ0n) is 9.96. The van der Waals surface area contributed by atoms with Gasteiger partial charge in [0, 0.05) is 17.9 Å². The Bertz CT molecular complexity index is 510. The Morgan fingerprint density at radius 1 is 1.28 bits per heavy atom. The second-order valence-electron chi connectivity index (χ2n) is 5.12. The van der Waals surface area contributed by atoms with Crippen LogP contribution in [0.5, 0.6) is 0 Å². The third-order valence-corrected chi connectivity index (χ3v) is 3.84. The molecular weight excluding hydrogens is 229 g/mol. The standard InChI is InChI=1S/C15H16FNO/c16-15(12-9-13(12)17)7-6-11(8-14(15)18)10-4-2-1-3-5-10/h1-8,11-13,18H,9,17H2. The summed E-state index contributed by atoms with van der Waals surface area (Å²) in [7, 11) is 0. The average molecular weight is 245 g/mol. The summed E-state index contributed by atoms with van der Waals surface area (Å²) in [6, 6.07) is 9.59. The lowest BCUT2D eigenvalue weighted by Gasteiger charge is -2.26. The van der Waals surface area contributed by atoms with E-state index in [0.717, 1.165) is 5.56 Å². The monoisotopic (exact) mass is 245 g/mol.